The second-order valence-corrected chi connectivity index (χ2v) is 5.65. The number of nitrogens with zero attached hydrogens (tertiary/aromatic N) is 2. The van der Waals surface area contributed by atoms with Crippen molar-refractivity contribution in [2.75, 3.05) is 26.8 Å². The molecule has 23 heavy (non-hydrogen) atoms. The quantitative estimate of drug-likeness (QED) is 0.809. The van der Waals surface area contributed by atoms with Crippen LogP contribution in [0.2, 0.25) is 0 Å². The molecule has 0 saturated carbocycles. The van der Waals surface area contributed by atoms with Crippen LogP contribution in [-0.4, -0.2) is 48.8 Å². The minimum Gasteiger partial charge on any atom is -0.469 e. The number of carbonyl (C=O) groups is 1. The van der Waals surface area contributed by atoms with E-state index < -0.39 is 0 Å². The topological polar surface area (TPSA) is 51.7 Å². The second-order valence-electron chi connectivity index (χ2n) is 5.65. The van der Waals surface area contributed by atoms with Crippen LogP contribution in [0.4, 0.5) is 4.39 Å². The maximum atomic E-state index is 13.8. The molecule has 0 radical (unpaired) electrons. The van der Waals surface area contributed by atoms with Gasteiger partial charge < -0.3 is 9.47 Å². The minimum absolute atomic E-state index is 0.191. The van der Waals surface area contributed by atoms with E-state index >= 15 is 0 Å². The monoisotopic (exact) mass is 318 g/mol. The normalized spacial score (nSPS) is 19.0. The van der Waals surface area contributed by atoms with E-state index in [1.54, 1.807) is 12.3 Å². The largest absolute Gasteiger partial charge is 0.469 e. The lowest BCUT2D eigenvalue weighted by Crippen LogP contribution is -2.42. The van der Waals surface area contributed by atoms with Gasteiger partial charge in [0, 0.05) is 31.2 Å². The van der Waals surface area contributed by atoms with Gasteiger partial charge in [-0.1, -0.05) is 6.07 Å². The SMILES string of the molecule is COC(=O)C[C@H]1CN(Cc2cc(F)cc3cccnc23)CCO1. The summed E-state index contributed by atoms with van der Waals surface area (Å²) in [7, 11) is 1.37. The number of methoxy groups -OCH3 is 1. The first-order valence-electron chi connectivity index (χ1n) is 7.59. The Hall–Kier alpha value is -2.05. The van der Waals surface area contributed by atoms with Crippen LogP contribution in [0.3, 0.4) is 0 Å². The highest BCUT2D eigenvalue weighted by Gasteiger charge is 2.24. The van der Waals surface area contributed by atoms with Gasteiger partial charge in [-0.3, -0.25) is 14.7 Å². The third-order valence-electron chi connectivity index (χ3n) is 3.99. The van der Waals surface area contributed by atoms with Crippen molar-refractivity contribution in [3.63, 3.8) is 0 Å². The summed E-state index contributed by atoms with van der Waals surface area (Å²) in [4.78, 5) is 17.9. The molecule has 1 atom stereocenters. The minimum atomic E-state index is -0.283. The third kappa shape index (κ3) is 3.83. The van der Waals surface area contributed by atoms with Gasteiger partial charge in [-0.2, -0.15) is 0 Å². The van der Waals surface area contributed by atoms with E-state index in [0.29, 0.717) is 19.7 Å². The van der Waals surface area contributed by atoms with E-state index in [9.17, 15) is 9.18 Å². The molecule has 1 aromatic heterocycles. The number of aromatic nitrogens is 1. The standard InChI is InChI=1S/C17H19FN2O3/c1-22-16(21)9-15-11-20(5-6-23-15)10-13-8-14(18)7-12-3-2-4-19-17(12)13/h2-4,7-8,15H,5-6,9-11H2,1H3/t15-/m0/s1. The summed E-state index contributed by atoms with van der Waals surface area (Å²) in [5.41, 5.74) is 1.66. The number of rotatable bonds is 4. The molecule has 1 saturated heterocycles. The highest BCUT2D eigenvalue weighted by molar-refractivity contribution is 5.81. The fraction of sp³-hybridized carbons (Fsp3) is 0.412. The number of esters is 1. The lowest BCUT2D eigenvalue weighted by atomic mass is 10.1. The lowest BCUT2D eigenvalue weighted by Gasteiger charge is -2.32. The molecule has 0 amide bonds. The number of pyridine rings is 1. The van der Waals surface area contributed by atoms with Gasteiger partial charge in [-0.05, 0) is 23.8 Å². The number of carbonyl (C=O) groups excluding carboxylic acids is 1. The molecule has 0 unspecified atom stereocenters. The molecule has 122 valence electrons. The van der Waals surface area contributed by atoms with Crippen LogP contribution < -0.4 is 0 Å². The van der Waals surface area contributed by atoms with Crippen molar-refractivity contribution in [3.8, 4) is 0 Å². The number of ether oxygens (including phenoxy) is 2. The Kier molecular flexibility index (Phi) is 4.83. The van der Waals surface area contributed by atoms with E-state index in [2.05, 4.69) is 14.6 Å². The molecule has 0 aliphatic carbocycles. The molecular weight excluding hydrogens is 299 g/mol. The summed E-state index contributed by atoms with van der Waals surface area (Å²) in [6.45, 7) is 2.47. The molecule has 5 nitrogen and oxygen atoms in total. The van der Waals surface area contributed by atoms with Crippen LogP contribution in [-0.2, 0) is 20.8 Å². The first kappa shape index (κ1) is 15.8. The van der Waals surface area contributed by atoms with Crippen molar-refractivity contribution in [2.45, 2.75) is 19.1 Å². The molecule has 0 bridgehead atoms. The van der Waals surface area contributed by atoms with E-state index in [-0.39, 0.29) is 24.3 Å². The Morgan fingerprint density at radius 3 is 3.22 bits per heavy atom. The first-order valence-corrected chi connectivity index (χ1v) is 7.59. The van der Waals surface area contributed by atoms with Gasteiger partial charge in [0.25, 0.3) is 0 Å². The molecule has 1 aromatic carbocycles. The zero-order valence-corrected chi connectivity index (χ0v) is 13.0. The summed E-state index contributed by atoms with van der Waals surface area (Å²) in [6.07, 6.45) is 1.75. The van der Waals surface area contributed by atoms with Gasteiger partial charge in [0.05, 0.1) is 31.8 Å². The van der Waals surface area contributed by atoms with Gasteiger partial charge in [0.2, 0.25) is 0 Å². The molecule has 0 spiro atoms. The molecule has 2 heterocycles. The van der Waals surface area contributed by atoms with Crippen molar-refractivity contribution in [3.05, 3.63) is 41.8 Å². The Morgan fingerprint density at radius 2 is 2.39 bits per heavy atom. The zero-order chi connectivity index (χ0) is 16.2. The van der Waals surface area contributed by atoms with Gasteiger partial charge in [0.15, 0.2) is 0 Å². The van der Waals surface area contributed by atoms with Crippen molar-refractivity contribution < 1.29 is 18.7 Å². The molecule has 6 heteroatoms. The van der Waals surface area contributed by atoms with Crippen molar-refractivity contribution in [1.29, 1.82) is 0 Å². The van der Waals surface area contributed by atoms with E-state index in [1.165, 1.54) is 19.2 Å². The highest BCUT2D eigenvalue weighted by Crippen LogP contribution is 2.21. The van der Waals surface area contributed by atoms with Gasteiger partial charge in [0.1, 0.15) is 5.82 Å². The fourth-order valence-electron chi connectivity index (χ4n) is 2.91. The molecule has 1 aliphatic rings. The van der Waals surface area contributed by atoms with Crippen molar-refractivity contribution in [1.82, 2.24) is 9.88 Å². The molecule has 0 N–H and O–H groups in total. The van der Waals surface area contributed by atoms with E-state index in [0.717, 1.165) is 23.0 Å². The molecule has 1 aliphatic heterocycles. The van der Waals surface area contributed by atoms with E-state index in [4.69, 9.17) is 4.74 Å². The van der Waals surface area contributed by atoms with Gasteiger partial charge >= 0.3 is 5.97 Å². The van der Waals surface area contributed by atoms with Crippen LogP contribution in [0, 0.1) is 5.82 Å². The highest BCUT2D eigenvalue weighted by atomic mass is 19.1. The smallest absolute Gasteiger partial charge is 0.308 e. The Bertz CT molecular complexity index is 707. The number of benzene rings is 1. The number of fused-ring (bicyclic) bond motifs is 1. The van der Waals surface area contributed by atoms with Crippen LogP contribution >= 0.6 is 0 Å². The fourth-order valence-corrected chi connectivity index (χ4v) is 2.91. The predicted molar refractivity (Wildman–Crippen MR) is 83.4 cm³/mol. The summed E-state index contributed by atoms with van der Waals surface area (Å²) in [6, 6.07) is 6.67. The van der Waals surface area contributed by atoms with Gasteiger partial charge in [-0.25, -0.2) is 4.39 Å². The first-order chi connectivity index (χ1) is 11.2. The average molecular weight is 318 g/mol. The lowest BCUT2D eigenvalue weighted by molar-refractivity contribution is -0.145. The maximum Gasteiger partial charge on any atom is 0.308 e. The summed E-state index contributed by atoms with van der Waals surface area (Å²) in [5.74, 6) is -0.547. The van der Waals surface area contributed by atoms with Crippen LogP contribution in [0.25, 0.3) is 10.9 Å². The predicted octanol–water partition coefficient (Wildman–Crippen LogP) is 2.14. The number of hydrogen-bond acceptors (Lipinski definition) is 5. The molecule has 2 aromatic rings. The van der Waals surface area contributed by atoms with Crippen LogP contribution in [0.15, 0.2) is 30.5 Å². The zero-order valence-electron chi connectivity index (χ0n) is 13.0. The van der Waals surface area contributed by atoms with Gasteiger partial charge in [-0.15, -0.1) is 0 Å². The summed E-state index contributed by atoms with van der Waals surface area (Å²) < 4.78 is 24.1. The van der Waals surface area contributed by atoms with Crippen LogP contribution in [0.1, 0.15) is 12.0 Å². The van der Waals surface area contributed by atoms with Crippen molar-refractivity contribution in [2.24, 2.45) is 0 Å². The molecular formula is C17H19FN2O3. The Morgan fingerprint density at radius 1 is 1.52 bits per heavy atom. The van der Waals surface area contributed by atoms with Crippen LogP contribution in [0.5, 0.6) is 0 Å². The third-order valence-corrected chi connectivity index (χ3v) is 3.99. The maximum absolute atomic E-state index is 13.8. The molecule has 3 rings (SSSR count). The second kappa shape index (κ2) is 7.02. The number of morpholine rings is 1. The Balaban J connectivity index is 1.75. The average Bonchev–Trinajstić information content (AvgIpc) is 2.55. The summed E-state index contributed by atoms with van der Waals surface area (Å²) in [5, 5.41) is 0.793. The Labute approximate surface area is 134 Å². The van der Waals surface area contributed by atoms with Crippen molar-refractivity contribution >= 4 is 16.9 Å². The summed E-state index contributed by atoms with van der Waals surface area (Å²) >= 11 is 0. The molecule has 1 fully saturated rings. The number of halogens is 1. The van der Waals surface area contributed by atoms with E-state index in [1.807, 2.05) is 6.07 Å². The number of hydrogen-bond donors (Lipinski definition) is 0.